The fourth-order valence-corrected chi connectivity index (χ4v) is 5.33. The fourth-order valence-electron chi connectivity index (χ4n) is 5.33. The molecule has 2 atom stereocenters. The summed E-state index contributed by atoms with van der Waals surface area (Å²) in [5.74, 6) is 0.845. The lowest BCUT2D eigenvalue weighted by Gasteiger charge is -2.20. The Morgan fingerprint density at radius 3 is 2.65 bits per heavy atom. The molecule has 0 saturated heterocycles. The van der Waals surface area contributed by atoms with Crippen LogP contribution in [0.15, 0.2) is 53.6 Å². The van der Waals surface area contributed by atoms with Gasteiger partial charge in [0.2, 0.25) is 5.82 Å². The molecule has 3 heterocycles. The highest BCUT2D eigenvalue weighted by atomic mass is 16.2. The molecule has 192 valence electrons. The molecule has 5 rings (SSSR count). The Balaban J connectivity index is 1.46. The molecule has 37 heavy (non-hydrogen) atoms. The zero-order valence-electron chi connectivity index (χ0n) is 21.4. The Morgan fingerprint density at radius 2 is 1.92 bits per heavy atom. The number of hydrogen-bond donors (Lipinski definition) is 1. The zero-order valence-corrected chi connectivity index (χ0v) is 21.4. The summed E-state index contributed by atoms with van der Waals surface area (Å²) in [5.41, 5.74) is 4.33. The number of benzene rings is 1. The smallest absolute Gasteiger partial charge is 0.297 e. The number of aryl methyl sites for hydroxylation is 1. The second-order valence-corrected chi connectivity index (χ2v) is 9.97. The van der Waals surface area contributed by atoms with Crippen LogP contribution in [0.1, 0.15) is 69.7 Å². The van der Waals surface area contributed by atoms with E-state index in [1.165, 1.54) is 0 Å². The van der Waals surface area contributed by atoms with Crippen LogP contribution in [0.5, 0.6) is 0 Å². The summed E-state index contributed by atoms with van der Waals surface area (Å²) in [7, 11) is 0. The standard InChI is InChI=1S/C28H33N7O2/c1-3-4-10-21-18-35(26-19(2)9-5-8-13-25(26)36)28(37)34(21)17-20-14-15-24(29-16-20)22-11-6-7-12-23(22)27-30-32-33-31-27/h6-7,11-12,14-16,18-19,26H,3-5,8-10,13,17H2,1-2H3,(H,30,31,32,33). The highest BCUT2D eigenvalue weighted by Crippen LogP contribution is 2.30. The van der Waals surface area contributed by atoms with Gasteiger partial charge in [0.05, 0.1) is 18.3 Å². The third-order valence-electron chi connectivity index (χ3n) is 7.33. The van der Waals surface area contributed by atoms with Crippen molar-refractivity contribution in [1.29, 1.82) is 0 Å². The van der Waals surface area contributed by atoms with E-state index in [0.29, 0.717) is 18.8 Å². The SMILES string of the molecule is CCCCc1cn(C2C(=O)CCCCC2C)c(=O)n1Cc1ccc(-c2ccccc2-c2nn[nH]n2)nc1. The summed E-state index contributed by atoms with van der Waals surface area (Å²) in [6.07, 6.45) is 10.0. The molecule has 1 N–H and O–H groups in total. The first-order valence-corrected chi connectivity index (χ1v) is 13.2. The predicted molar refractivity (Wildman–Crippen MR) is 141 cm³/mol. The summed E-state index contributed by atoms with van der Waals surface area (Å²) in [6.45, 7) is 4.66. The summed E-state index contributed by atoms with van der Waals surface area (Å²) < 4.78 is 3.54. The van der Waals surface area contributed by atoms with Crippen LogP contribution in [0.2, 0.25) is 0 Å². The highest BCUT2D eigenvalue weighted by molar-refractivity contribution is 5.83. The van der Waals surface area contributed by atoms with E-state index >= 15 is 0 Å². The summed E-state index contributed by atoms with van der Waals surface area (Å²) in [4.78, 5) is 31.3. The molecule has 2 unspecified atom stereocenters. The molecule has 1 aromatic carbocycles. The number of hydrogen-bond acceptors (Lipinski definition) is 6. The molecule has 0 amide bonds. The Kier molecular flexibility index (Phi) is 7.39. The predicted octanol–water partition coefficient (Wildman–Crippen LogP) is 4.60. The number of Topliss-reactive ketones (excluding diaryl/α,β-unsaturated/α-hetero) is 1. The molecule has 3 aromatic heterocycles. The summed E-state index contributed by atoms with van der Waals surface area (Å²) in [6, 6.07) is 11.4. The van der Waals surface area contributed by atoms with Crippen molar-refractivity contribution in [3.8, 4) is 22.6 Å². The number of aromatic nitrogens is 7. The lowest BCUT2D eigenvalue weighted by Crippen LogP contribution is -2.34. The van der Waals surface area contributed by atoms with E-state index < -0.39 is 0 Å². The number of aromatic amines is 1. The molecule has 0 aliphatic heterocycles. The highest BCUT2D eigenvalue weighted by Gasteiger charge is 2.31. The van der Waals surface area contributed by atoms with Crippen LogP contribution in [0.4, 0.5) is 0 Å². The van der Waals surface area contributed by atoms with Gasteiger partial charge in [-0.3, -0.25) is 18.9 Å². The minimum atomic E-state index is -0.376. The summed E-state index contributed by atoms with van der Waals surface area (Å²) in [5, 5.41) is 14.4. The van der Waals surface area contributed by atoms with Crippen LogP contribution in [-0.2, 0) is 17.8 Å². The number of nitrogens with one attached hydrogen (secondary N) is 1. The molecule has 9 nitrogen and oxygen atoms in total. The number of tetrazole rings is 1. The third kappa shape index (κ3) is 5.16. The van der Waals surface area contributed by atoms with E-state index in [-0.39, 0.29) is 23.4 Å². The van der Waals surface area contributed by atoms with Crippen molar-refractivity contribution in [1.82, 2.24) is 34.7 Å². The molecule has 9 heteroatoms. The number of rotatable bonds is 8. The van der Waals surface area contributed by atoms with Crippen molar-refractivity contribution in [2.45, 2.75) is 71.4 Å². The molecular formula is C28H33N7O2. The molecule has 0 spiro atoms. The number of imidazole rings is 1. The topological polar surface area (TPSA) is 111 Å². The van der Waals surface area contributed by atoms with E-state index in [0.717, 1.165) is 66.6 Å². The average Bonchev–Trinajstić information content (AvgIpc) is 3.51. The van der Waals surface area contributed by atoms with Gasteiger partial charge in [0.25, 0.3) is 0 Å². The maximum Gasteiger partial charge on any atom is 0.329 e. The van der Waals surface area contributed by atoms with Crippen LogP contribution in [0, 0.1) is 5.92 Å². The number of unbranched alkanes of at least 4 members (excludes halogenated alkanes) is 1. The van der Waals surface area contributed by atoms with Gasteiger partial charge in [-0.25, -0.2) is 4.79 Å². The number of pyridine rings is 1. The van der Waals surface area contributed by atoms with E-state index in [1.807, 2.05) is 53.4 Å². The Bertz CT molecular complexity index is 1400. The van der Waals surface area contributed by atoms with Gasteiger partial charge in [-0.15, -0.1) is 10.2 Å². The van der Waals surface area contributed by atoms with Gasteiger partial charge in [0.15, 0.2) is 5.78 Å². The quantitative estimate of drug-likeness (QED) is 0.355. The van der Waals surface area contributed by atoms with E-state index in [1.54, 1.807) is 4.57 Å². The van der Waals surface area contributed by atoms with Crippen molar-refractivity contribution in [3.63, 3.8) is 0 Å². The Labute approximate surface area is 216 Å². The van der Waals surface area contributed by atoms with Crippen LogP contribution >= 0.6 is 0 Å². The van der Waals surface area contributed by atoms with Gasteiger partial charge in [0.1, 0.15) is 0 Å². The van der Waals surface area contributed by atoms with E-state index in [9.17, 15) is 9.59 Å². The van der Waals surface area contributed by atoms with Gasteiger partial charge in [-0.1, -0.05) is 57.0 Å². The van der Waals surface area contributed by atoms with Crippen molar-refractivity contribution < 1.29 is 4.79 Å². The zero-order chi connectivity index (χ0) is 25.8. The largest absolute Gasteiger partial charge is 0.329 e. The van der Waals surface area contributed by atoms with Gasteiger partial charge in [-0.2, -0.15) is 5.21 Å². The van der Waals surface area contributed by atoms with Gasteiger partial charge >= 0.3 is 5.69 Å². The molecule has 1 fully saturated rings. The number of H-pyrrole nitrogens is 1. The molecule has 4 aromatic rings. The van der Waals surface area contributed by atoms with E-state index in [4.69, 9.17) is 4.98 Å². The monoisotopic (exact) mass is 499 g/mol. The third-order valence-corrected chi connectivity index (χ3v) is 7.33. The number of carbonyl (C=O) groups excluding carboxylic acids is 1. The van der Waals surface area contributed by atoms with Crippen LogP contribution in [0.3, 0.4) is 0 Å². The number of ketones is 1. The molecule has 0 bridgehead atoms. The minimum Gasteiger partial charge on any atom is -0.297 e. The van der Waals surface area contributed by atoms with Crippen molar-refractivity contribution in [3.05, 3.63) is 70.5 Å². The lowest BCUT2D eigenvalue weighted by atomic mass is 9.96. The molecular weight excluding hydrogens is 466 g/mol. The normalized spacial score (nSPS) is 18.2. The minimum absolute atomic E-state index is 0.107. The Morgan fingerprint density at radius 1 is 1.08 bits per heavy atom. The van der Waals surface area contributed by atoms with E-state index in [2.05, 4.69) is 34.5 Å². The van der Waals surface area contributed by atoms with Crippen molar-refractivity contribution in [2.24, 2.45) is 5.92 Å². The van der Waals surface area contributed by atoms with Crippen LogP contribution < -0.4 is 5.69 Å². The summed E-state index contributed by atoms with van der Waals surface area (Å²) >= 11 is 0. The first-order valence-electron chi connectivity index (χ1n) is 13.2. The molecule has 1 saturated carbocycles. The maximum atomic E-state index is 13.7. The van der Waals surface area contributed by atoms with Crippen molar-refractivity contribution in [2.75, 3.05) is 0 Å². The molecule has 1 aliphatic carbocycles. The van der Waals surface area contributed by atoms with Crippen LogP contribution in [0.25, 0.3) is 22.6 Å². The first kappa shape index (κ1) is 24.8. The van der Waals surface area contributed by atoms with Gasteiger partial charge in [-0.05, 0) is 48.4 Å². The second-order valence-electron chi connectivity index (χ2n) is 9.97. The second kappa shape index (κ2) is 11.0. The maximum absolute atomic E-state index is 13.7. The van der Waals surface area contributed by atoms with Gasteiger partial charge < -0.3 is 0 Å². The average molecular weight is 500 g/mol. The molecule has 1 aliphatic rings. The fraction of sp³-hybridized carbons (Fsp3) is 0.429. The van der Waals surface area contributed by atoms with Gasteiger partial charge in [0, 0.05) is 35.6 Å². The number of nitrogens with zero attached hydrogens (tertiary/aromatic N) is 6. The first-order chi connectivity index (χ1) is 18.1. The van der Waals surface area contributed by atoms with Crippen molar-refractivity contribution >= 4 is 5.78 Å². The Hall–Kier alpha value is -3.88. The molecule has 0 radical (unpaired) electrons. The lowest BCUT2D eigenvalue weighted by molar-refractivity contribution is -0.123. The number of carbonyl (C=O) groups is 1. The van der Waals surface area contributed by atoms with Crippen LogP contribution in [-0.4, -0.2) is 40.5 Å².